The van der Waals surface area contributed by atoms with Crippen molar-refractivity contribution in [1.29, 1.82) is 0 Å². The van der Waals surface area contributed by atoms with E-state index < -0.39 is 0 Å². The zero-order valence-corrected chi connectivity index (χ0v) is 15.0. The van der Waals surface area contributed by atoms with Crippen molar-refractivity contribution in [3.05, 3.63) is 36.2 Å². The number of rotatable bonds is 3. The van der Waals surface area contributed by atoms with Crippen LogP contribution in [0.4, 0.5) is 11.1 Å². The normalized spacial score (nSPS) is 22.2. The van der Waals surface area contributed by atoms with Gasteiger partial charge in [-0.1, -0.05) is 11.3 Å². The first-order valence-electron chi connectivity index (χ1n) is 8.49. The summed E-state index contributed by atoms with van der Waals surface area (Å²) in [5.41, 5.74) is 2.03. The first-order chi connectivity index (χ1) is 12.2. The van der Waals surface area contributed by atoms with Gasteiger partial charge in [0.05, 0.1) is 29.4 Å². The second kappa shape index (κ2) is 5.56. The predicted octanol–water partition coefficient (Wildman–Crippen LogP) is 2.87. The number of thiazole rings is 1. The summed E-state index contributed by atoms with van der Waals surface area (Å²) in [6, 6.07) is 9.03. The number of anilines is 2. The molecule has 6 nitrogen and oxygen atoms in total. The van der Waals surface area contributed by atoms with Gasteiger partial charge in [-0.15, -0.1) is 0 Å². The van der Waals surface area contributed by atoms with Crippen molar-refractivity contribution in [1.82, 2.24) is 15.0 Å². The van der Waals surface area contributed by atoms with E-state index in [4.69, 9.17) is 9.72 Å². The Balaban J connectivity index is 1.39. The minimum Gasteiger partial charge on any atom is -0.497 e. The fraction of sp³-hybridized carbons (Fsp3) is 0.389. The minimum absolute atomic E-state index is 0.491. The number of hydrogen-bond acceptors (Lipinski definition) is 7. The van der Waals surface area contributed by atoms with E-state index in [2.05, 4.69) is 25.8 Å². The molecule has 0 saturated carbocycles. The van der Waals surface area contributed by atoms with Crippen molar-refractivity contribution < 1.29 is 4.74 Å². The van der Waals surface area contributed by atoms with Gasteiger partial charge in [0.25, 0.3) is 0 Å². The van der Waals surface area contributed by atoms with Gasteiger partial charge in [-0.2, -0.15) is 0 Å². The lowest BCUT2D eigenvalue weighted by Crippen LogP contribution is -2.69. The molecule has 25 heavy (non-hydrogen) atoms. The van der Waals surface area contributed by atoms with Gasteiger partial charge in [0, 0.05) is 31.0 Å². The zero-order chi connectivity index (χ0) is 17.0. The Morgan fingerprint density at radius 3 is 2.76 bits per heavy atom. The Morgan fingerprint density at radius 2 is 2.00 bits per heavy atom. The molecule has 0 N–H and O–H groups in total. The van der Waals surface area contributed by atoms with Crippen LogP contribution in [0.25, 0.3) is 10.2 Å². The molecule has 0 aliphatic carbocycles. The monoisotopic (exact) mass is 353 g/mol. The highest BCUT2D eigenvalue weighted by Crippen LogP contribution is 2.41. The minimum atomic E-state index is 0.491. The average Bonchev–Trinajstić information content (AvgIpc) is 3.03. The standard InChI is InChI=1S/C18H19N5OS/c1-11-5-6-19-17(20-11)22-9-12-7-13(10-22)23(12)18-21-15-8-14(24-2)3-4-16(15)25-18/h3-6,8,12-13H,7,9-10H2,1-2H3. The highest BCUT2D eigenvalue weighted by molar-refractivity contribution is 7.22. The van der Waals surface area contributed by atoms with Gasteiger partial charge in [0.1, 0.15) is 5.75 Å². The molecule has 2 aromatic heterocycles. The number of nitrogens with zero attached hydrogens (tertiary/aromatic N) is 5. The summed E-state index contributed by atoms with van der Waals surface area (Å²) in [4.78, 5) is 18.6. The third-order valence-corrected chi connectivity index (χ3v) is 6.11. The Hall–Kier alpha value is -2.41. The van der Waals surface area contributed by atoms with E-state index in [9.17, 15) is 0 Å². The van der Waals surface area contributed by atoms with Crippen molar-refractivity contribution in [3.63, 3.8) is 0 Å². The van der Waals surface area contributed by atoms with Gasteiger partial charge in [-0.3, -0.25) is 0 Å². The summed E-state index contributed by atoms with van der Waals surface area (Å²) in [5.74, 6) is 1.71. The average molecular weight is 353 g/mol. The van der Waals surface area contributed by atoms with Gasteiger partial charge in [-0.05, 0) is 31.5 Å². The van der Waals surface area contributed by atoms with Crippen LogP contribution < -0.4 is 14.5 Å². The van der Waals surface area contributed by atoms with Gasteiger partial charge >= 0.3 is 0 Å². The summed E-state index contributed by atoms with van der Waals surface area (Å²) < 4.78 is 6.52. The summed E-state index contributed by atoms with van der Waals surface area (Å²) >= 11 is 1.77. The lowest BCUT2D eigenvalue weighted by Gasteiger charge is -2.56. The number of benzene rings is 1. The molecule has 3 aliphatic heterocycles. The van der Waals surface area contributed by atoms with E-state index in [0.29, 0.717) is 12.1 Å². The molecule has 7 heteroatoms. The van der Waals surface area contributed by atoms with Crippen LogP contribution in [0.1, 0.15) is 12.1 Å². The first kappa shape index (κ1) is 14.9. The molecule has 1 aromatic carbocycles. The maximum absolute atomic E-state index is 5.31. The van der Waals surface area contributed by atoms with E-state index in [1.54, 1.807) is 18.4 Å². The molecule has 3 fully saturated rings. The van der Waals surface area contributed by atoms with Crippen molar-refractivity contribution in [3.8, 4) is 5.75 Å². The third-order valence-electron chi connectivity index (χ3n) is 5.06. The largest absolute Gasteiger partial charge is 0.497 e. The van der Waals surface area contributed by atoms with E-state index >= 15 is 0 Å². The Kier molecular flexibility index (Phi) is 3.31. The number of ether oxygens (including phenoxy) is 1. The molecule has 3 aliphatic rings. The fourth-order valence-electron chi connectivity index (χ4n) is 3.81. The van der Waals surface area contributed by atoms with Crippen molar-refractivity contribution in [2.45, 2.75) is 25.4 Å². The molecule has 128 valence electrons. The number of piperazine rings is 1. The maximum atomic E-state index is 5.31. The van der Waals surface area contributed by atoms with Crippen molar-refractivity contribution in [2.24, 2.45) is 0 Å². The number of aromatic nitrogens is 3. The second-order valence-electron chi connectivity index (χ2n) is 6.68. The molecule has 5 heterocycles. The molecule has 2 atom stereocenters. The van der Waals surface area contributed by atoms with Gasteiger partial charge in [0.15, 0.2) is 5.13 Å². The van der Waals surface area contributed by atoms with Gasteiger partial charge in [-0.25, -0.2) is 15.0 Å². The van der Waals surface area contributed by atoms with Crippen LogP contribution in [0.3, 0.4) is 0 Å². The summed E-state index contributed by atoms with van der Waals surface area (Å²) in [6.07, 6.45) is 3.07. The lowest BCUT2D eigenvalue weighted by molar-refractivity contribution is 0.289. The van der Waals surface area contributed by atoms with Gasteiger partial charge < -0.3 is 14.5 Å². The SMILES string of the molecule is COc1ccc2sc(N3C4CC3CN(c3nccc(C)n3)C4)nc2c1. The topological polar surface area (TPSA) is 54.4 Å². The smallest absolute Gasteiger partial charge is 0.225 e. The molecule has 2 bridgehead atoms. The highest BCUT2D eigenvalue weighted by atomic mass is 32.1. The molecular weight excluding hydrogens is 334 g/mol. The quantitative estimate of drug-likeness (QED) is 0.722. The molecule has 0 spiro atoms. The van der Waals surface area contributed by atoms with Crippen LogP contribution in [0, 0.1) is 6.92 Å². The number of fused-ring (bicyclic) bond motifs is 3. The second-order valence-corrected chi connectivity index (χ2v) is 7.69. The van der Waals surface area contributed by atoms with Crippen molar-refractivity contribution in [2.75, 3.05) is 30.0 Å². The van der Waals surface area contributed by atoms with Crippen LogP contribution in [0.15, 0.2) is 30.5 Å². The Bertz CT molecular complexity index is 930. The number of aryl methyl sites for hydroxylation is 1. The van der Waals surface area contributed by atoms with E-state index in [1.165, 1.54) is 11.1 Å². The van der Waals surface area contributed by atoms with Crippen LogP contribution in [0.2, 0.25) is 0 Å². The van der Waals surface area contributed by atoms with Crippen LogP contribution in [-0.4, -0.2) is 47.2 Å². The molecule has 2 unspecified atom stereocenters. The Labute approximate surface area is 150 Å². The molecule has 3 saturated heterocycles. The molecule has 3 aromatic rings. The predicted molar refractivity (Wildman–Crippen MR) is 99.8 cm³/mol. The van der Waals surface area contributed by atoms with Crippen LogP contribution in [-0.2, 0) is 0 Å². The lowest BCUT2D eigenvalue weighted by atomic mass is 9.88. The molecular formula is C18H19N5OS. The first-order valence-corrected chi connectivity index (χ1v) is 9.30. The summed E-state index contributed by atoms with van der Waals surface area (Å²) in [5, 5.41) is 1.12. The summed E-state index contributed by atoms with van der Waals surface area (Å²) in [6.45, 7) is 3.93. The third kappa shape index (κ3) is 2.41. The number of methoxy groups -OCH3 is 1. The summed E-state index contributed by atoms with van der Waals surface area (Å²) in [7, 11) is 1.69. The molecule has 0 amide bonds. The van der Waals surface area contributed by atoms with Crippen molar-refractivity contribution >= 4 is 32.6 Å². The van der Waals surface area contributed by atoms with Crippen LogP contribution >= 0.6 is 11.3 Å². The molecule has 6 rings (SSSR count). The van der Waals surface area contributed by atoms with Gasteiger partial charge in [0.2, 0.25) is 5.95 Å². The number of hydrogen-bond donors (Lipinski definition) is 0. The zero-order valence-electron chi connectivity index (χ0n) is 14.2. The highest BCUT2D eigenvalue weighted by Gasteiger charge is 2.46. The van der Waals surface area contributed by atoms with E-state index in [1.807, 2.05) is 31.3 Å². The molecule has 0 radical (unpaired) electrons. The maximum Gasteiger partial charge on any atom is 0.225 e. The van der Waals surface area contributed by atoms with E-state index in [-0.39, 0.29) is 0 Å². The fourth-order valence-corrected chi connectivity index (χ4v) is 4.90. The Morgan fingerprint density at radius 1 is 1.16 bits per heavy atom. The van der Waals surface area contributed by atoms with E-state index in [0.717, 1.165) is 41.1 Å². The number of piperidine rings is 1. The van der Waals surface area contributed by atoms with Crippen LogP contribution in [0.5, 0.6) is 5.75 Å².